The Morgan fingerprint density at radius 2 is 1.67 bits per heavy atom. The molecular formula is C38H36N6O4S. The maximum Gasteiger partial charge on any atom is 0.271 e. The van der Waals surface area contributed by atoms with Gasteiger partial charge in [0.2, 0.25) is 0 Å². The molecule has 7 rings (SSSR count). The van der Waals surface area contributed by atoms with E-state index in [-0.39, 0.29) is 36.3 Å². The highest BCUT2D eigenvalue weighted by Gasteiger charge is 2.38. The number of nitrogens with zero attached hydrogens (tertiary/aromatic N) is 5. The SMILES string of the molecule is C[C@@H]1[C@H](CSc2nncn2C)O[C@H](c2ccc(-c3cccc(CNC(=O)c4cnc5ccccc5n4)c3)cc2)O[C@@H]1c1ccc(CO)cc1. The van der Waals surface area contributed by atoms with E-state index in [0.29, 0.717) is 17.8 Å². The van der Waals surface area contributed by atoms with Crippen molar-refractivity contribution in [3.05, 3.63) is 138 Å². The molecule has 0 aliphatic carbocycles. The molecule has 11 heteroatoms. The predicted octanol–water partition coefficient (Wildman–Crippen LogP) is 6.43. The quantitative estimate of drug-likeness (QED) is 0.158. The molecule has 3 heterocycles. The van der Waals surface area contributed by atoms with Crippen molar-refractivity contribution in [2.75, 3.05) is 5.75 Å². The number of aliphatic hydroxyl groups is 1. The molecule has 1 saturated heterocycles. The summed E-state index contributed by atoms with van der Waals surface area (Å²) in [6.45, 7) is 2.50. The van der Waals surface area contributed by atoms with Crippen molar-refractivity contribution in [2.24, 2.45) is 13.0 Å². The summed E-state index contributed by atoms with van der Waals surface area (Å²) in [5, 5.41) is 21.6. The number of hydrogen-bond donors (Lipinski definition) is 2. The highest BCUT2D eigenvalue weighted by atomic mass is 32.2. The Morgan fingerprint density at radius 1 is 0.898 bits per heavy atom. The lowest BCUT2D eigenvalue weighted by Gasteiger charge is -2.41. The van der Waals surface area contributed by atoms with Gasteiger partial charge in [0, 0.05) is 30.8 Å². The highest BCUT2D eigenvalue weighted by Crippen LogP contribution is 2.43. The topological polar surface area (TPSA) is 124 Å². The fourth-order valence-electron chi connectivity index (χ4n) is 5.90. The van der Waals surface area contributed by atoms with Gasteiger partial charge < -0.3 is 24.5 Å². The zero-order valence-corrected chi connectivity index (χ0v) is 28.0. The zero-order chi connectivity index (χ0) is 33.7. The minimum atomic E-state index is -0.572. The minimum absolute atomic E-state index is 0.00549. The van der Waals surface area contributed by atoms with Gasteiger partial charge in [-0.2, -0.15) is 0 Å². The normalized spacial score (nSPS) is 19.2. The third-order valence-corrected chi connectivity index (χ3v) is 9.87. The van der Waals surface area contributed by atoms with Crippen LogP contribution in [0.15, 0.2) is 115 Å². The first-order valence-electron chi connectivity index (χ1n) is 16.1. The van der Waals surface area contributed by atoms with Crippen LogP contribution in [0.4, 0.5) is 0 Å². The fourth-order valence-corrected chi connectivity index (χ4v) is 6.95. The Kier molecular flexibility index (Phi) is 9.76. The van der Waals surface area contributed by atoms with Crippen LogP contribution in [0.1, 0.15) is 52.1 Å². The molecule has 49 heavy (non-hydrogen) atoms. The van der Waals surface area contributed by atoms with Gasteiger partial charge in [-0.1, -0.05) is 97.5 Å². The number of nitrogens with one attached hydrogen (secondary N) is 1. The molecule has 4 aromatic carbocycles. The summed E-state index contributed by atoms with van der Waals surface area (Å²) in [4.78, 5) is 21.7. The van der Waals surface area contributed by atoms with E-state index in [4.69, 9.17) is 9.47 Å². The first-order chi connectivity index (χ1) is 23.9. The molecule has 0 saturated carbocycles. The van der Waals surface area contributed by atoms with E-state index >= 15 is 0 Å². The number of amides is 1. The van der Waals surface area contributed by atoms with Crippen LogP contribution < -0.4 is 5.32 Å². The Bertz CT molecular complexity index is 2050. The summed E-state index contributed by atoms with van der Waals surface area (Å²) in [5.41, 5.74) is 7.56. The van der Waals surface area contributed by atoms with Crippen molar-refractivity contribution < 1.29 is 19.4 Å². The predicted molar refractivity (Wildman–Crippen MR) is 187 cm³/mol. The van der Waals surface area contributed by atoms with Gasteiger partial charge in [0.1, 0.15) is 12.0 Å². The van der Waals surface area contributed by atoms with E-state index in [9.17, 15) is 9.90 Å². The standard InChI is InChI=1S/C38H36N6O4S/c1-24-34(22-49-38-43-41-23-44(38)2)47-37(48-35(24)28-12-10-25(21-45)11-13-28)29-16-14-27(15-17-29)30-7-5-6-26(18-30)19-40-36(46)33-20-39-31-8-3-4-9-32(31)42-33/h3-18,20,23-24,34-35,37,45H,19,21-22H2,1-2H3,(H,40,46)/t24-,34+,35+,37+/m1/s1. The van der Waals surface area contributed by atoms with Gasteiger partial charge in [0.05, 0.1) is 36.0 Å². The average molecular weight is 673 g/mol. The number of carbonyl (C=O) groups is 1. The average Bonchev–Trinajstić information content (AvgIpc) is 3.57. The van der Waals surface area contributed by atoms with Crippen LogP contribution in [0.2, 0.25) is 0 Å². The van der Waals surface area contributed by atoms with Crippen molar-refractivity contribution in [1.82, 2.24) is 30.0 Å². The third-order valence-electron chi connectivity index (χ3n) is 8.75. The Balaban J connectivity index is 1.05. The molecule has 2 N–H and O–H groups in total. The van der Waals surface area contributed by atoms with E-state index in [1.54, 1.807) is 18.1 Å². The molecule has 1 aliphatic rings. The molecule has 0 unspecified atom stereocenters. The van der Waals surface area contributed by atoms with E-state index in [1.807, 2.05) is 84.4 Å². The number of carbonyl (C=O) groups excluding carboxylic acids is 1. The molecule has 10 nitrogen and oxygen atoms in total. The second-order valence-electron chi connectivity index (χ2n) is 12.1. The summed E-state index contributed by atoms with van der Waals surface area (Å²) in [5.74, 6) is 0.478. The Morgan fingerprint density at radius 3 is 2.43 bits per heavy atom. The lowest BCUT2D eigenvalue weighted by Crippen LogP contribution is -2.38. The van der Waals surface area contributed by atoms with E-state index in [0.717, 1.165) is 44.1 Å². The summed E-state index contributed by atoms with van der Waals surface area (Å²) < 4.78 is 15.1. The Labute approximate surface area is 288 Å². The van der Waals surface area contributed by atoms with Crippen LogP contribution in [0.5, 0.6) is 0 Å². The van der Waals surface area contributed by atoms with E-state index < -0.39 is 6.29 Å². The highest BCUT2D eigenvalue weighted by molar-refractivity contribution is 7.99. The van der Waals surface area contributed by atoms with Gasteiger partial charge in [0.15, 0.2) is 11.4 Å². The number of para-hydroxylation sites is 2. The minimum Gasteiger partial charge on any atom is -0.392 e. The molecule has 6 aromatic rings. The summed E-state index contributed by atoms with van der Waals surface area (Å²) in [6, 6.07) is 31.7. The lowest BCUT2D eigenvalue weighted by atomic mass is 9.91. The molecular weight excluding hydrogens is 637 g/mol. The van der Waals surface area contributed by atoms with Crippen LogP contribution in [0.25, 0.3) is 22.2 Å². The number of aliphatic hydroxyl groups excluding tert-OH is 1. The van der Waals surface area contributed by atoms with Crippen molar-refractivity contribution >= 4 is 28.7 Å². The molecule has 0 bridgehead atoms. The van der Waals surface area contributed by atoms with Crippen LogP contribution in [0.3, 0.4) is 0 Å². The molecule has 1 aliphatic heterocycles. The summed E-state index contributed by atoms with van der Waals surface area (Å²) >= 11 is 1.61. The van der Waals surface area contributed by atoms with Crippen molar-refractivity contribution in [1.29, 1.82) is 0 Å². The molecule has 1 fully saturated rings. The van der Waals surface area contributed by atoms with Crippen LogP contribution in [-0.4, -0.2) is 47.6 Å². The van der Waals surface area contributed by atoms with Gasteiger partial charge in [-0.25, -0.2) is 4.98 Å². The number of thioether (sulfide) groups is 1. The van der Waals surface area contributed by atoms with E-state index in [1.165, 1.54) is 6.20 Å². The number of benzene rings is 4. The van der Waals surface area contributed by atoms with Gasteiger partial charge in [-0.15, -0.1) is 10.2 Å². The molecule has 2 aromatic heterocycles. The van der Waals surface area contributed by atoms with Gasteiger partial charge in [-0.05, 0) is 46.0 Å². The van der Waals surface area contributed by atoms with Gasteiger partial charge in [0.25, 0.3) is 5.91 Å². The van der Waals surface area contributed by atoms with Crippen molar-refractivity contribution in [3.8, 4) is 11.1 Å². The molecule has 0 radical (unpaired) electrons. The summed E-state index contributed by atoms with van der Waals surface area (Å²) in [7, 11) is 1.93. The van der Waals surface area contributed by atoms with Crippen molar-refractivity contribution in [2.45, 2.75) is 43.7 Å². The lowest BCUT2D eigenvalue weighted by molar-refractivity contribution is -0.268. The van der Waals surface area contributed by atoms with E-state index in [2.05, 4.69) is 56.7 Å². The van der Waals surface area contributed by atoms with Crippen LogP contribution in [0, 0.1) is 5.92 Å². The van der Waals surface area contributed by atoms with Crippen LogP contribution in [-0.2, 0) is 29.7 Å². The number of aryl methyl sites for hydroxylation is 1. The maximum absolute atomic E-state index is 12.9. The van der Waals surface area contributed by atoms with Gasteiger partial charge in [-0.3, -0.25) is 9.78 Å². The van der Waals surface area contributed by atoms with Crippen LogP contribution >= 0.6 is 11.8 Å². The zero-order valence-electron chi connectivity index (χ0n) is 27.1. The number of aromatic nitrogens is 5. The molecule has 1 amide bonds. The second kappa shape index (κ2) is 14.7. The first-order valence-corrected chi connectivity index (χ1v) is 17.1. The molecule has 248 valence electrons. The fraction of sp³-hybridized carbons (Fsp3) is 0.237. The number of fused-ring (bicyclic) bond motifs is 1. The maximum atomic E-state index is 12.9. The third kappa shape index (κ3) is 7.40. The first kappa shape index (κ1) is 32.6. The number of hydrogen-bond acceptors (Lipinski definition) is 9. The van der Waals surface area contributed by atoms with Gasteiger partial charge >= 0.3 is 0 Å². The molecule has 0 spiro atoms. The monoisotopic (exact) mass is 672 g/mol. The largest absolute Gasteiger partial charge is 0.392 e. The smallest absolute Gasteiger partial charge is 0.271 e. The molecule has 4 atom stereocenters. The van der Waals surface area contributed by atoms with Crippen molar-refractivity contribution in [3.63, 3.8) is 0 Å². The second-order valence-corrected chi connectivity index (χ2v) is 13.1. The number of rotatable bonds is 10. The number of ether oxygens (including phenoxy) is 2. The summed E-state index contributed by atoms with van der Waals surface area (Å²) in [6.07, 6.45) is 2.31. The Hall–Kier alpha value is -4.94.